The average molecular weight is 317 g/mol. The Morgan fingerprint density at radius 3 is 2.32 bits per heavy atom. The molecule has 1 aromatic rings. The number of para-hydroxylation sites is 1. The molecule has 0 bridgehead atoms. The zero-order valence-corrected chi connectivity index (χ0v) is 13.3. The van der Waals surface area contributed by atoms with E-state index in [-0.39, 0.29) is 5.92 Å². The van der Waals surface area contributed by atoms with Crippen molar-refractivity contribution in [1.82, 2.24) is 4.90 Å². The molecule has 0 fully saturated rings. The second-order valence-corrected chi connectivity index (χ2v) is 5.68. The topological polar surface area (TPSA) is 29.5 Å². The van der Waals surface area contributed by atoms with Crippen molar-refractivity contribution in [3.63, 3.8) is 0 Å². The van der Waals surface area contributed by atoms with E-state index in [0.717, 1.165) is 10.5 Å². The SMILES string of the molecule is Cc1ccccc1OCC(=O)N(CC(F)(F)F)C(C)C(C)C. The fraction of sp³-hybridized carbons (Fsp3) is 0.562. The number of alkyl halides is 3. The Hall–Kier alpha value is -1.72. The maximum absolute atomic E-state index is 12.7. The Kier molecular flexibility index (Phi) is 6.26. The molecule has 6 heteroatoms. The number of ether oxygens (including phenoxy) is 1. The third-order valence-electron chi connectivity index (χ3n) is 3.57. The van der Waals surface area contributed by atoms with Gasteiger partial charge in [0, 0.05) is 6.04 Å². The summed E-state index contributed by atoms with van der Waals surface area (Å²) in [5.74, 6) is -0.244. The van der Waals surface area contributed by atoms with E-state index in [1.54, 1.807) is 32.9 Å². The fourth-order valence-electron chi connectivity index (χ4n) is 1.95. The number of rotatable bonds is 6. The summed E-state index contributed by atoms with van der Waals surface area (Å²) in [5, 5.41) is 0. The first kappa shape index (κ1) is 18.3. The van der Waals surface area contributed by atoms with Crippen LogP contribution < -0.4 is 4.74 Å². The maximum atomic E-state index is 12.7. The van der Waals surface area contributed by atoms with Gasteiger partial charge in [-0.1, -0.05) is 32.0 Å². The standard InChI is InChI=1S/C16H22F3NO2/c1-11(2)13(4)20(10-16(17,18)19)15(21)9-22-14-8-6-5-7-12(14)3/h5-8,11,13H,9-10H2,1-4H3. The summed E-state index contributed by atoms with van der Waals surface area (Å²) in [4.78, 5) is 13.0. The molecule has 0 saturated carbocycles. The van der Waals surface area contributed by atoms with Gasteiger partial charge in [-0.2, -0.15) is 13.2 Å². The molecule has 0 aliphatic heterocycles. The van der Waals surface area contributed by atoms with Crippen molar-refractivity contribution in [3.8, 4) is 5.75 Å². The van der Waals surface area contributed by atoms with E-state index >= 15 is 0 Å². The lowest BCUT2D eigenvalue weighted by Crippen LogP contribution is -2.48. The summed E-state index contributed by atoms with van der Waals surface area (Å²) in [6.07, 6.45) is -4.43. The molecule has 3 nitrogen and oxygen atoms in total. The van der Waals surface area contributed by atoms with Gasteiger partial charge < -0.3 is 9.64 Å². The molecule has 0 N–H and O–H groups in total. The number of hydrogen-bond donors (Lipinski definition) is 0. The monoisotopic (exact) mass is 317 g/mol. The van der Waals surface area contributed by atoms with Gasteiger partial charge in [-0.15, -0.1) is 0 Å². The Bertz CT molecular complexity index is 500. The van der Waals surface area contributed by atoms with Crippen LogP contribution in [0.5, 0.6) is 5.75 Å². The zero-order valence-electron chi connectivity index (χ0n) is 13.3. The summed E-state index contributed by atoms with van der Waals surface area (Å²) in [5.41, 5.74) is 0.828. The van der Waals surface area contributed by atoms with Crippen LogP contribution in [0.25, 0.3) is 0 Å². The summed E-state index contributed by atoms with van der Waals surface area (Å²) >= 11 is 0. The first-order valence-corrected chi connectivity index (χ1v) is 7.16. The molecule has 1 atom stereocenters. The highest BCUT2D eigenvalue weighted by molar-refractivity contribution is 5.78. The second-order valence-electron chi connectivity index (χ2n) is 5.68. The lowest BCUT2D eigenvalue weighted by molar-refractivity contribution is -0.168. The van der Waals surface area contributed by atoms with Gasteiger partial charge in [0.05, 0.1) is 0 Å². The van der Waals surface area contributed by atoms with Gasteiger partial charge in [-0.3, -0.25) is 4.79 Å². The molecule has 0 radical (unpaired) electrons. The van der Waals surface area contributed by atoms with Crippen molar-refractivity contribution < 1.29 is 22.7 Å². The number of benzene rings is 1. The second kappa shape index (κ2) is 7.51. The van der Waals surface area contributed by atoms with Crippen molar-refractivity contribution in [2.24, 2.45) is 5.92 Å². The minimum atomic E-state index is -4.43. The molecule has 0 aliphatic rings. The minimum Gasteiger partial charge on any atom is -0.484 e. The van der Waals surface area contributed by atoms with E-state index in [1.807, 2.05) is 19.1 Å². The number of amides is 1. The molecule has 1 unspecified atom stereocenters. The van der Waals surface area contributed by atoms with Crippen LogP contribution in [0, 0.1) is 12.8 Å². The van der Waals surface area contributed by atoms with Crippen LogP contribution in [0.1, 0.15) is 26.3 Å². The van der Waals surface area contributed by atoms with E-state index in [2.05, 4.69) is 0 Å². The number of hydrogen-bond acceptors (Lipinski definition) is 2. The molecule has 0 aliphatic carbocycles. The van der Waals surface area contributed by atoms with Gasteiger partial charge in [0.2, 0.25) is 0 Å². The van der Waals surface area contributed by atoms with E-state index < -0.39 is 31.3 Å². The van der Waals surface area contributed by atoms with Gasteiger partial charge >= 0.3 is 6.18 Å². The summed E-state index contributed by atoms with van der Waals surface area (Å²) < 4.78 is 43.4. The van der Waals surface area contributed by atoms with Gasteiger partial charge in [-0.25, -0.2) is 0 Å². The molecular weight excluding hydrogens is 295 g/mol. The maximum Gasteiger partial charge on any atom is 0.406 e. The third-order valence-corrected chi connectivity index (χ3v) is 3.57. The number of halogens is 3. The predicted molar refractivity (Wildman–Crippen MR) is 78.7 cm³/mol. The van der Waals surface area contributed by atoms with Crippen LogP contribution in [0.2, 0.25) is 0 Å². The van der Waals surface area contributed by atoms with Crippen molar-refractivity contribution in [3.05, 3.63) is 29.8 Å². The van der Waals surface area contributed by atoms with E-state index in [0.29, 0.717) is 5.75 Å². The van der Waals surface area contributed by atoms with Crippen LogP contribution in [-0.2, 0) is 4.79 Å². The van der Waals surface area contributed by atoms with E-state index in [9.17, 15) is 18.0 Å². The molecule has 0 heterocycles. The van der Waals surface area contributed by atoms with Gasteiger partial charge in [0.1, 0.15) is 12.3 Å². The number of carbonyl (C=O) groups excluding carboxylic acids is 1. The lowest BCUT2D eigenvalue weighted by atomic mass is 10.0. The van der Waals surface area contributed by atoms with Crippen LogP contribution in [-0.4, -0.2) is 36.2 Å². The highest BCUT2D eigenvalue weighted by atomic mass is 19.4. The first-order chi connectivity index (χ1) is 10.1. The summed E-state index contributed by atoms with van der Waals surface area (Å²) in [6.45, 7) is 5.32. The predicted octanol–water partition coefficient (Wildman–Crippen LogP) is 3.81. The fourth-order valence-corrected chi connectivity index (χ4v) is 1.95. The van der Waals surface area contributed by atoms with Crippen molar-refractivity contribution >= 4 is 5.91 Å². The normalized spacial score (nSPS) is 13.1. The van der Waals surface area contributed by atoms with Crippen molar-refractivity contribution in [1.29, 1.82) is 0 Å². The molecule has 0 saturated heterocycles. The Labute approximate surface area is 129 Å². The highest BCUT2D eigenvalue weighted by Gasteiger charge is 2.36. The van der Waals surface area contributed by atoms with Gasteiger partial charge in [0.15, 0.2) is 6.61 Å². The molecule has 1 aromatic carbocycles. The molecule has 124 valence electrons. The summed E-state index contributed by atoms with van der Waals surface area (Å²) in [6, 6.07) is 6.54. The van der Waals surface area contributed by atoms with Crippen LogP contribution in [0.3, 0.4) is 0 Å². The van der Waals surface area contributed by atoms with Crippen LogP contribution >= 0.6 is 0 Å². The van der Waals surface area contributed by atoms with Gasteiger partial charge in [-0.05, 0) is 31.4 Å². The smallest absolute Gasteiger partial charge is 0.406 e. The highest BCUT2D eigenvalue weighted by Crippen LogP contribution is 2.22. The number of nitrogens with zero attached hydrogens (tertiary/aromatic N) is 1. The van der Waals surface area contributed by atoms with Crippen molar-refractivity contribution in [2.75, 3.05) is 13.2 Å². The van der Waals surface area contributed by atoms with Gasteiger partial charge in [0.25, 0.3) is 5.91 Å². The van der Waals surface area contributed by atoms with Crippen LogP contribution in [0.15, 0.2) is 24.3 Å². The van der Waals surface area contributed by atoms with E-state index in [4.69, 9.17) is 4.74 Å². The third kappa shape index (κ3) is 5.58. The first-order valence-electron chi connectivity index (χ1n) is 7.16. The summed E-state index contributed by atoms with van der Waals surface area (Å²) in [7, 11) is 0. The minimum absolute atomic E-state index is 0.0789. The Balaban J connectivity index is 2.77. The molecular formula is C16H22F3NO2. The molecule has 1 rings (SSSR count). The molecule has 0 spiro atoms. The molecule has 0 aromatic heterocycles. The number of carbonyl (C=O) groups is 1. The molecule has 1 amide bonds. The van der Waals surface area contributed by atoms with E-state index in [1.165, 1.54) is 0 Å². The number of aryl methyl sites for hydroxylation is 1. The average Bonchev–Trinajstić information content (AvgIpc) is 2.41. The molecule has 22 heavy (non-hydrogen) atoms. The zero-order chi connectivity index (χ0) is 16.9. The van der Waals surface area contributed by atoms with Crippen molar-refractivity contribution in [2.45, 2.75) is 39.9 Å². The Morgan fingerprint density at radius 1 is 1.23 bits per heavy atom. The lowest BCUT2D eigenvalue weighted by Gasteiger charge is -2.32. The largest absolute Gasteiger partial charge is 0.484 e. The Morgan fingerprint density at radius 2 is 1.82 bits per heavy atom. The quantitative estimate of drug-likeness (QED) is 0.798. The van der Waals surface area contributed by atoms with Crippen LogP contribution in [0.4, 0.5) is 13.2 Å².